The monoisotopic (exact) mass is 321 g/mol. The maximum Gasteiger partial charge on any atom is 0.307 e. The first-order valence-corrected chi connectivity index (χ1v) is 7.90. The minimum Gasteiger partial charge on any atom is -0.466 e. The van der Waals surface area contributed by atoms with E-state index in [1.54, 1.807) is 14.0 Å². The van der Waals surface area contributed by atoms with Crippen LogP contribution in [0.5, 0.6) is 0 Å². The Morgan fingerprint density at radius 1 is 1.17 bits per heavy atom. The SMILES string of the molecule is CCOC(=O)CC(NCCOC)C(=O)c1c(C)cc(C)cc1C. The van der Waals surface area contributed by atoms with Crippen LogP contribution in [0, 0.1) is 20.8 Å². The van der Waals surface area contributed by atoms with Crippen molar-refractivity contribution in [1.29, 1.82) is 0 Å². The highest BCUT2D eigenvalue weighted by Gasteiger charge is 2.25. The molecule has 5 heteroatoms. The number of ketones is 1. The van der Waals surface area contributed by atoms with E-state index in [2.05, 4.69) is 5.32 Å². The number of carbonyl (C=O) groups excluding carboxylic acids is 2. The van der Waals surface area contributed by atoms with Crippen LogP contribution in [0.2, 0.25) is 0 Å². The highest BCUT2D eigenvalue weighted by Crippen LogP contribution is 2.19. The number of hydrogen-bond acceptors (Lipinski definition) is 5. The fourth-order valence-corrected chi connectivity index (χ4v) is 2.72. The van der Waals surface area contributed by atoms with Gasteiger partial charge < -0.3 is 14.8 Å². The van der Waals surface area contributed by atoms with Gasteiger partial charge in [-0.1, -0.05) is 17.7 Å². The van der Waals surface area contributed by atoms with Gasteiger partial charge in [-0.25, -0.2) is 0 Å². The van der Waals surface area contributed by atoms with Crippen molar-refractivity contribution in [2.24, 2.45) is 0 Å². The van der Waals surface area contributed by atoms with Gasteiger partial charge >= 0.3 is 5.97 Å². The molecular weight excluding hydrogens is 294 g/mol. The molecule has 0 aliphatic heterocycles. The standard InChI is InChI=1S/C18H27NO4/c1-6-23-16(20)11-15(19-7-8-22-5)18(21)17-13(3)9-12(2)10-14(17)4/h9-10,15,19H,6-8,11H2,1-5H3. The Morgan fingerprint density at radius 2 is 1.78 bits per heavy atom. The first-order valence-electron chi connectivity index (χ1n) is 7.90. The molecule has 0 radical (unpaired) electrons. The molecule has 0 aliphatic rings. The zero-order valence-corrected chi connectivity index (χ0v) is 14.7. The van der Waals surface area contributed by atoms with Gasteiger partial charge in [-0.3, -0.25) is 9.59 Å². The van der Waals surface area contributed by atoms with E-state index in [0.29, 0.717) is 25.3 Å². The van der Waals surface area contributed by atoms with Gasteiger partial charge in [-0.2, -0.15) is 0 Å². The number of rotatable bonds is 9. The molecule has 0 fully saturated rings. The van der Waals surface area contributed by atoms with Gasteiger partial charge in [-0.05, 0) is 38.8 Å². The van der Waals surface area contributed by atoms with Crippen LogP contribution < -0.4 is 5.32 Å². The molecule has 0 aliphatic carbocycles. The maximum absolute atomic E-state index is 12.9. The molecule has 1 unspecified atom stereocenters. The van der Waals surface area contributed by atoms with Crippen molar-refractivity contribution < 1.29 is 19.1 Å². The second-order valence-corrected chi connectivity index (χ2v) is 5.65. The molecule has 1 N–H and O–H groups in total. The quantitative estimate of drug-likeness (QED) is 0.430. The topological polar surface area (TPSA) is 64.6 Å². The van der Waals surface area contributed by atoms with Crippen molar-refractivity contribution in [1.82, 2.24) is 5.32 Å². The van der Waals surface area contributed by atoms with Crippen LogP contribution in [0.4, 0.5) is 0 Å². The molecule has 0 spiro atoms. The second-order valence-electron chi connectivity index (χ2n) is 5.65. The lowest BCUT2D eigenvalue weighted by molar-refractivity contribution is -0.143. The lowest BCUT2D eigenvalue weighted by Crippen LogP contribution is -2.41. The van der Waals surface area contributed by atoms with Crippen LogP contribution in [0.3, 0.4) is 0 Å². The summed E-state index contributed by atoms with van der Waals surface area (Å²) >= 11 is 0. The molecule has 1 aromatic carbocycles. The Labute approximate surface area is 138 Å². The van der Waals surface area contributed by atoms with Crippen molar-refractivity contribution in [3.05, 3.63) is 34.4 Å². The largest absolute Gasteiger partial charge is 0.466 e. The molecule has 1 atom stereocenters. The van der Waals surface area contributed by atoms with Gasteiger partial charge in [0.25, 0.3) is 0 Å². The van der Waals surface area contributed by atoms with Crippen LogP contribution in [-0.2, 0) is 14.3 Å². The van der Waals surface area contributed by atoms with Crippen molar-refractivity contribution in [3.8, 4) is 0 Å². The third-order valence-corrected chi connectivity index (χ3v) is 3.61. The van der Waals surface area contributed by atoms with Gasteiger partial charge in [-0.15, -0.1) is 0 Å². The summed E-state index contributed by atoms with van der Waals surface area (Å²) in [4.78, 5) is 24.7. The van der Waals surface area contributed by atoms with E-state index in [1.165, 1.54) is 0 Å². The molecule has 0 amide bonds. The Balaban J connectivity index is 3.00. The predicted octanol–water partition coefficient (Wildman–Crippen LogP) is 2.35. The molecule has 5 nitrogen and oxygen atoms in total. The lowest BCUT2D eigenvalue weighted by Gasteiger charge is -2.19. The predicted molar refractivity (Wildman–Crippen MR) is 89.9 cm³/mol. The number of ether oxygens (including phenoxy) is 2. The third kappa shape index (κ3) is 5.77. The van der Waals surface area contributed by atoms with E-state index in [1.807, 2.05) is 32.9 Å². The number of hydrogen-bond donors (Lipinski definition) is 1. The number of Topliss-reactive ketones (excluding diaryl/α,β-unsaturated/α-hetero) is 1. The first kappa shape index (κ1) is 19.3. The second kappa shape index (κ2) is 9.43. The fraction of sp³-hybridized carbons (Fsp3) is 0.556. The summed E-state index contributed by atoms with van der Waals surface area (Å²) in [5, 5.41) is 3.10. The van der Waals surface area contributed by atoms with Gasteiger partial charge in [0.1, 0.15) is 0 Å². The van der Waals surface area contributed by atoms with Crippen LogP contribution in [0.25, 0.3) is 0 Å². The molecule has 0 saturated carbocycles. The first-order chi connectivity index (χ1) is 10.9. The highest BCUT2D eigenvalue weighted by atomic mass is 16.5. The number of methoxy groups -OCH3 is 1. The van der Waals surface area contributed by atoms with Gasteiger partial charge in [0.05, 0.1) is 25.7 Å². The van der Waals surface area contributed by atoms with Crippen LogP contribution in [-0.4, -0.2) is 44.7 Å². The molecule has 1 aromatic rings. The number of aryl methyl sites for hydroxylation is 3. The molecule has 0 aromatic heterocycles. The average Bonchev–Trinajstić information content (AvgIpc) is 2.45. The van der Waals surface area contributed by atoms with E-state index >= 15 is 0 Å². The average molecular weight is 321 g/mol. The maximum atomic E-state index is 12.9. The summed E-state index contributed by atoms with van der Waals surface area (Å²) in [5.74, 6) is -0.456. The Bertz CT molecular complexity index is 531. The smallest absolute Gasteiger partial charge is 0.307 e. The summed E-state index contributed by atoms with van der Waals surface area (Å²) in [5.41, 5.74) is 3.64. The zero-order valence-electron chi connectivity index (χ0n) is 14.7. The van der Waals surface area contributed by atoms with Gasteiger partial charge in [0, 0.05) is 19.2 Å². The summed E-state index contributed by atoms with van der Waals surface area (Å²) in [7, 11) is 1.60. The van der Waals surface area contributed by atoms with Gasteiger partial charge in [0.2, 0.25) is 0 Å². The van der Waals surface area contributed by atoms with Crippen LogP contribution >= 0.6 is 0 Å². The van der Waals surface area contributed by atoms with Crippen LogP contribution in [0.15, 0.2) is 12.1 Å². The minimum atomic E-state index is -0.607. The van der Waals surface area contributed by atoms with Crippen molar-refractivity contribution in [3.63, 3.8) is 0 Å². The molecule has 0 bridgehead atoms. The molecule has 0 heterocycles. The van der Waals surface area contributed by atoms with Crippen molar-refractivity contribution >= 4 is 11.8 Å². The number of benzene rings is 1. The number of carbonyl (C=O) groups is 2. The van der Waals surface area contributed by atoms with Crippen LogP contribution in [0.1, 0.15) is 40.4 Å². The number of nitrogens with one attached hydrogen (secondary N) is 1. The molecule has 0 saturated heterocycles. The summed E-state index contributed by atoms with van der Waals surface area (Å²) in [6.45, 7) is 8.87. The summed E-state index contributed by atoms with van der Waals surface area (Å²) in [6.07, 6.45) is 0.0170. The van der Waals surface area contributed by atoms with E-state index in [4.69, 9.17) is 9.47 Å². The van der Waals surface area contributed by atoms with Crippen molar-refractivity contribution in [2.75, 3.05) is 26.9 Å². The lowest BCUT2D eigenvalue weighted by atomic mass is 9.92. The normalized spacial score (nSPS) is 12.0. The van der Waals surface area contributed by atoms with Crippen molar-refractivity contribution in [2.45, 2.75) is 40.2 Å². The Kier molecular flexibility index (Phi) is 7.92. The zero-order chi connectivity index (χ0) is 17.4. The van der Waals surface area contributed by atoms with E-state index in [0.717, 1.165) is 16.7 Å². The van der Waals surface area contributed by atoms with E-state index in [-0.39, 0.29) is 18.2 Å². The van der Waals surface area contributed by atoms with E-state index in [9.17, 15) is 9.59 Å². The Morgan fingerprint density at radius 3 is 2.30 bits per heavy atom. The van der Waals surface area contributed by atoms with Gasteiger partial charge in [0.15, 0.2) is 5.78 Å². The molecule has 128 valence electrons. The number of esters is 1. The summed E-state index contributed by atoms with van der Waals surface area (Å²) in [6, 6.07) is 3.36. The summed E-state index contributed by atoms with van der Waals surface area (Å²) < 4.78 is 9.99. The third-order valence-electron chi connectivity index (χ3n) is 3.61. The fourth-order valence-electron chi connectivity index (χ4n) is 2.72. The minimum absolute atomic E-state index is 0.0170. The molecular formula is C18H27NO4. The Hall–Kier alpha value is -1.72. The highest BCUT2D eigenvalue weighted by molar-refractivity contribution is 6.04. The molecule has 1 rings (SSSR count). The molecule has 23 heavy (non-hydrogen) atoms. The van der Waals surface area contributed by atoms with E-state index < -0.39 is 6.04 Å².